The third kappa shape index (κ3) is 5.15. The molecule has 0 aliphatic heterocycles. The topological polar surface area (TPSA) is 85.9 Å². The van der Waals surface area contributed by atoms with Crippen molar-refractivity contribution in [3.8, 4) is 17.2 Å². The van der Waals surface area contributed by atoms with E-state index in [4.69, 9.17) is 14.2 Å². The number of carbonyl (C=O) groups is 2. The zero-order chi connectivity index (χ0) is 23.1. The maximum atomic E-state index is 13.0. The Morgan fingerprint density at radius 3 is 2.22 bits per heavy atom. The SMILES string of the molecule is COc1ccc(C(=O)NCc2cccc(NC(=O)c3ccc(F)cc3)c2)c(OC)c1OC. The van der Waals surface area contributed by atoms with E-state index in [0.29, 0.717) is 28.3 Å². The lowest BCUT2D eigenvalue weighted by Crippen LogP contribution is -2.23. The van der Waals surface area contributed by atoms with Crippen LogP contribution in [0.15, 0.2) is 60.7 Å². The fourth-order valence-electron chi connectivity index (χ4n) is 3.12. The molecule has 32 heavy (non-hydrogen) atoms. The van der Waals surface area contributed by atoms with Gasteiger partial charge in [-0.2, -0.15) is 0 Å². The molecule has 0 aliphatic rings. The van der Waals surface area contributed by atoms with E-state index >= 15 is 0 Å². The van der Waals surface area contributed by atoms with Crippen LogP contribution in [0.5, 0.6) is 17.2 Å². The molecule has 0 aliphatic carbocycles. The van der Waals surface area contributed by atoms with Crippen LogP contribution in [-0.2, 0) is 6.54 Å². The van der Waals surface area contributed by atoms with Gasteiger partial charge in [0.15, 0.2) is 11.5 Å². The summed E-state index contributed by atoms with van der Waals surface area (Å²) in [5, 5.41) is 5.59. The van der Waals surface area contributed by atoms with Gasteiger partial charge in [0.2, 0.25) is 5.75 Å². The summed E-state index contributed by atoms with van der Waals surface area (Å²) in [7, 11) is 4.41. The second-order valence-corrected chi connectivity index (χ2v) is 6.73. The molecular weight excluding hydrogens is 415 g/mol. The van der Waals surface area contributed by atoms with Crippen LogP contribution in [0.1, 0.15) is 26.3 Å². The number of halogens is 1. The first kappa shape index (κ1) is 22.6. The lowest BCUT2D eigenvalue weighted by Gasteiger charge is -2.15. The number of hydrogen-bond donors (Lipinski definition) is 2. The molecule has 0 fully saturated rings. The number of anilines is 1. The zero-order valence-electron chi connectivity index (χ0n) is 17.9. The third-order valence-corrected chi connectivity index (χ3v) is 4.69. The number of carbonyl (C=O) groups excluding carboxylic acids is 2. The van der Waals surface area contributed by atoms with Gasteiger partial charge in [0.05, 0.1) is 26.9 Å². The van der Waals surface area contributed by atoms with Crippen LogP contribution in [0.2, 0.25) is 0 Å². The predicted octanol–water partition coefficient (Wildman–Crippen LogP) is 4.03. The summed E-state index contributed by atoms with van der Waals surface area (Å²) in [6.07, 6.45) is 0. The molecule has 3 rings (SSSR count). The van der Waals surface area contributed by atoms with Gasteiger partial charge in [-0.3, -0.25) is 9.59 Å². The average Bonchev–Trinajstić information content (AvgIpc) is 2.82. The Kier molecular flexibility index (Phi) is 7.28. The summed E-state index contributed by atoms with van der Waals surface area (Å²) in [6.45, 7) is 0.219. The molecule has 0 bridgehead atoms. The molecule has 3 aromatic carbocycles. The van der Waals surface area contributed by atoms with Crippen molar-refractivity contribution >= 4 is 17.5 Å². The van der Waals surface area contributed by atoms with E-state index in [1.807, 2.05) is 6.07 Å². The van der Waals surface area contributed by atoms with Gasteiger partial charge in [-0.05, 0) is 54.1 Å². The van der Waals surface area contributed by atoms with Crippen LogP contribution >= 0.6 is 0 Å². The highest BCUT2D eigenvalue weighted by atomic mass is 19.1. The van der Waals surface area contributed by atoms with E-state index in [0.717, 1.165) is 5.56 Å². The van der Waals surface area contributed by atoms with Gasteiger partial charge in [-0.1, -0.05) is 12.1 Å². The first-order valence-corrected chi connectivity index (χ1v) is 9.69. The monoisotopic (exact) mass is 438 g/mol. The minimum atomic E-state index is -0.412. The van der Waals surface area contributed by atoms with Crippen LogP contribution in [-0.4, -0.2) is 33.1 Å². The summed E-state index contributed by atoms with van der Waals surface area (Å²) >= 11 is 0. The first-order valence-electron chi connectivity index (χ1n) is 9.69. The lowest BCUT2D eigenvalue weighted by atomic mass is 10.1. The highest BCUT2D eigenvalue weighted by molar-refractivity contribution is 6.04. The quantitative estimate of drug-likeness (QED) is 0.555. The van der Waals surface area contributed by atoms with Crippen molar-refractivity contribution in [1.29, 1.82) is 0 Å². The second kappa shape index (κ2) is 10.3. The Bertz CT molecular complexity index is 1120. The van der Waals surface area contributed by atoms with Crippen LogP contribution in [0.25, 0.3) is 0 Å². The van der Waals surface area contributed by atoms with Gasteiger partial charge < -0.3 is 24.8 Å². The average molecular weight is 438 g/mol. The molecular formula is C24H23FN2O5. The Labute approximate surface area is 185 Å². The maximum absolute atomic E-state index is 13.0. The molecule has 3 aromatic rings. The Balaban J connectivity index is 1.69. The summed E-state index contributed by atoms with van der Waals surface area (Å²) in [6, 6.07) is 15.5. The molecule has 0 spiro atoms. The molecule has 0 saturated heterocycles. The molecule has 0 heterocycles. The Hall–Kier alpha value is -4.07. The number of rotatable bonds is 8. The van der Waals surface area contributed by atoms with Gasteiger partial charge in [-0.15, -0.1) is 0 Å². The number of methoxy groups -OCH3 is 3. The van der Waals surface area contributed by atoms with Gasteiger partial charge in [0.25, 0.3) is 11.8 Å². The largest absolute Gasteiger partial charge is 0.493 e. The van der Waals surface area contributed by atoms with Crippen LogP contribution in [0.3, 0.4) is 0 Å². The fraction of sp³-hybridized carbons (Fsp3) is 0.167. The summed E-state index contributed by atoms with van der Waals surface area (Å²) in [5.41, 5.74) is 1.96. The minimum absolute atomic E-state index is 0.219. The van der Waals surface area contributed by atoms with Crippen molar-refractivity contribution in [1.82, 2.24) is 5.32 Å². The molecule has 0 atom stereocenters. The van der Waals surface area contributed by atoms with Gasteiger partial charge >= 0.3 is 0 Å². The van der Waals surface area contributed by atoms with E-state index in [9.17, 15) is 14.0 Å². The van der Waals surface area contributed by atoms with Crippen molar-refractivity contribution in [3.05, 3.63) is 83.2 Å². The fourth-order valence-corrected chi connectivity index (χ4v) is 3.12. The van der Waals surface area contributed by atoms with Crippen LogP contribution in [0.4, 0.5) is 10.1 Å². The summed E-state index contributed by atoms with van der Waals surface area (Å²) < 4.78 is 29.0. The van der Waals surface area contributed by atoms with Gasteiger partial charge in [0, 0.05) is 17.8 Å². The van der Waals surface area contributed by atoms with E-state index in [1.165, 1.54) is 45.6 Å². The van der Waals surface area contributed by atoms with Crippen molar-refractivity contribution in [3.63, 3.8) is 0 Å². The van der Waals surface area contributed by atoms with Crippen LogP contribution < -0.4 is 24.8 Å². The second-order valence-electron chi connectivity index (χ2n) is 6.73. The molecule has 0 saturated carbocycles. The van der Waals surface area contributed by atoms with Crippen LogP contribution in [0, 0.1) is 5.82 Å². The summed E-state index contributed by atoms with van der Waals surface area (Å²) in [4.78, 5) is 25.1. The number of ether oxygens (including phenoxy) is 3. The predicted molar refractivity (Wildman–Crippen MR) is 118 cm³/mol. The number of nitrogens with one attached hydrogen (secondary N) is 2. The summed E-state index contributed by atoms with van der Waals surface area (Å²) in [5.74, 6) is -0.0847. The van der Waals surface area contributed by atoms with Crippen molar-refractivity contribution in [2.75, 3.05) is 26.6 Å². The van der Waals surface area contributed by atoms with Crippen molar-refractivity contribution in [2.24, 2.45) is 0 Å². The zero-order valence-corrected chi connectivity index (χ0v) is 17.9. The molecule has 0 unspecified atom stereocenters. The molecule has 166 valence electrons. The van der Waals surface area contributed by atoms with E-state index < -0.39 is 5.82 Å². The van der Waals surface area contributed by atoms with E-state index in [1.54, 1.807) is 30.3 Å². The highest BCUT2D eigenvalue weighted by Crippen LogP contribution is 2.39. The van der Waals surface area contributed by atoms with E-state index in [-0.39, 0.29) is 24.1 Å². The minimum Gasteiger partial charge on any atom is -0.493 e. The Morgan fingerprint density at radius 1 is 0.844 bits per heavy atom. The first-order chi connectivity index (χ1) is 15.5. The number of amides is 2. The lowest BCUT2D eigenvalue weighted by molar-refractivity contribution is 0.0946. The molecule has 7 nitrogen and oxygen atoms in total. The van der Waals surface area contributed by atoms with Gasteiger partial charge in [-0.25, -0.2) is 4.39 Å². The molecule has 0 radical (unpaired) electrons. The highest BCUT2D eigenvalue weighted by Gasteiger charge is 2.20. The molecule has 8 heteroatoms. The molecule has 0 aromatic heterocycles. The smallest absolute Gasteiger partial charge is 0.255 e. The third-order valence-electron chi connectivity index (χ3n) is 4.69. The number of hydrogen-bond acceptors (Lipinski definition) is 5. The molecule has 2 N–H and O–H groups in total. The van der Waals surface area contributed by atoms with Crippen molar-refractivity contribution in [2.45, 2.75) is 6.54 Å². The number of benzene rings is 3. The Morgan fingerprint density at radius 2 is 1.56 bits per heavy atom. The van der Waals surface area contributed by atoms with Gasteiger partial charge in [0.1, 0.15) is 5.82 Å². The standard InChI is InChI=1S/C24H23FN2O5/c1-30-20-12-11-19(21(31-2)22(20)32-3)24(29)26-14-15-5-4-6-18(13-15)27-23(28)16-7-9-17(25)10-8-16/h4-13H,14H2,1-3H3,(H,26,29)(H,27,28). The maximum Gasteiger partial charge on any atom is 0.255 e. The normalized spacial score (nSPS) is 10.2. The van der Waals surface area contributed by atoms with Crippen molar-refractivity contribution < 1.29 is 28.2 Å². The van der Waals surface area contributed by atoms with E-state index in [2.05, 4.69) is 10.6 Å². The molecule has 2 amide bonds.